The number of nitrogens with zero attached hydrogens (tertiary/aromatic N) is 2. The largest absolute Gasteiger partial charge is 0.493 e. The van der Waals surface area contributed by atoms with Crippen LogP contribution in [-0.2, 0) is 0 Å². The fourth-order valence-electron chi connectivity index (χ4n) is 3.33. The third-order valence-corrected chi connectivity index (χ3v) is 5.14. The maximum absolute atomic E-state index is 12.9. The first-order chi connectivity index (χ1) is 14.5. The molecule has 3 rings (SSSR count). The maximum atomic E-state index is 12.9. The van der Waals surface area contributed by atoms with E-state index in [1.807, 2.05) is 37.3 Å². The number of amides is 1. The number of carbonyl (C=O) groups excluding carboxylic acids is 1. The van der Waals surface area contributed by atoms with Gasteiger partial charge < -0.3 is 19.7 Å². The number of likely N-dealkylation sites (N-methyl/N-ethyl adjacent to an activating group) is 1. The number of pyridine rings is 1. The summed E-state index contributed by atoms with van der Waals surface area (Å²) in [5.41, 5.74) is 2.76. The highest BCUT2D eigenvalue weighted by atomic mass is 16.5. The van der Waals surface area contributed by atoms with Crippen LogP contribution in [-0.4, -0.2) is 49.1 Å². The molecule has 0 aliphatic carbocycles. The number of fused-ring (bicyclic) bond motifs is 1. The molecule has 1 amide bonds. The van der Waals surface area contributed by atoms with Crippen LogP contribution in [0.5, 0.6) is 11.5 Å². The Bertz CT molecular complexity index is 1020. The van der Waals surface area contributed by atoms with E-state index < -0.39 is 0 Å². The van der Waals surface area contributed by atoms with Gasteiger partial charge in [0, 0.05) is 23.7 Å². The van der Waals surface area contributed by atoms with Crippen LogP contribution in [0, 0.1) is 6.92 Å². The van der Waals surface area contributed by atoms with Crippen LogP contribution in [0.2, 0.25) is 0 Å². The number of carbonyl (C=O) groups is 1. The highest BCUT2D eigenvalue weighted by Gasteiger charge is 2.14. The number of benzene rings is 2. The van der Waals surface area contributed by atoms with E-state index in [0.717, 1.165) is 30.5 Å². The lowest BCUT2D eigenvalue weighted by Crippen LogP contribution is -2.28. The third kappa shape index (κ3) is 5.07. The Morgan fingerprint density at radius 2 is 1.83 bits per heavy atom. The van der Waals surface area contributed by atoms with Gasteiger partial charge >= 0.3 is 0 Å². The molecule has 1 aromatic heterocycles. The predicted octanol–water partition coefficient (Wildman–Crippen LogP) is 4.52. The van der Waals surface area contributed by atoms with Crippen LogP contribution >= 0.6 is 0 Å². The number of hydrogen-bond acceptors (Lipinski definition) is 5. The molecule has 2 aromatic carbocycles. The second kappa shape index (κ2) is 10.1. The van der Waals surface area contributed by atoms with E-state index in [1.165, 1.54) is 0 Å². The zero-order valence-corrected chi connectivity index (χ0v) is 18.1. The molecule has 0 bridgehead atoms. The lowest BCUT2D eigenvalue weighted by Gasteiger charge is -2.19. The van der Waals surface area contributed by atoms with Crippen molar-refractivity contribution in [3.05, 3.63) is 59.8 Å². The van der Waals surface area contributed by atoms with Crippen LogP contribution in [0.25, 0.3) is 10.9 Å². The zero-order valence-electron chi connectivity index (χ0n) is 18.1. The molecule has 0 unspecified atom stereocenters. The van der Waals surface area contributed by atoms with Gasteiger partial charge in [-0.3, -0.25) is 9.78 Å². The molecule has 0 spiro atoms. The molecular formula is C24H29N3O3. The normalized spacial score (nSPS) is 11.0. The average Bonchev–Trinajstić information content (AvgIpc) is 2.76. The summed E-state index contributed by atoms with van der Waals surface area (Å²) in [6, 6.07) is 15.0. The number of hydrogen-bond donors (Lipinski definition) is 1. The van der Waals surface area contributed by atoms with Crippen molar-refractivity contribution in [3.63, 3.8) is 0 Å². The second-order valence-corrected chi connectivity index (χ2v) is 7.01. The molecule has 1 N–H and O–H groups in total. The zero-order chi connectivity index (χ0) is 21.5. The number of para-hydroxylation sites is 1. The molecule has 3 aromatic rings. The van der Waals surface area contributed by atoms with E-state index in [4.69, 9.17) is 9.47 Å². The molecule has 6 nitrogen and oxygen atoms in total. The first-order valence-electron chi connectivity index (χ1n) is 10.3. The Morgan fingerprint density at radius 3 is 2.57 bits per heavy atom. The Morgan fingerprint density at radius 1 is 1.07 bits per heavy atom. The monoisotopic (exact) mass is 407 g/mol. The number of aryl methyl sites for hydroxylation is 1. The SMILES string of the molecule is CCN(CC)CCOc1cc(NC(=O)c2cc3ccccc3nc2C)ccc1OC. The molecular weight excluding hydrogens is 378 g/mol. The number of ether oxygens (including phenoxy) is 2. The van der Waals surface area contributed by atoms with Gasteiger partial charge in [0.25, 0.3) is 5.91 Å². The van der Waals surface area contributed by atoms with Crippen LogP contribution in [0.15, 0.2) is 48.5 Å². The standard InChI is InChI=1S/C24H29N3O3/c1-5-27(6-2)13-14-30-23-16-19(11-12-22(23)29-4)26-24(28)20-15-18-9-7-8-10-21(18)25-17(20)3/h7-12,15-16H,5-6,13-14H2,1-4H3,(H,26,28). The van der Waals surface area contributed by atoms with Crippen molar-refractivity contribution in [2.24, 2.45) is 0 Å². The fraction of sp³-hybridized carbons (Fsp3) is 0.333. The van der Waals surface area contributed by atoms with Crippen molar-refractivity contribution < 1.29 is 14.3 Å². The molecule has 0 saturated heterocycles. The van der Waals surface area contributed by atoms with E-state index in [0.29, 0.717) is 35.1 Å². The van der Waals surface area contributed by atoms with E-state index in [1.54, 1.807) is 25.3 Å². The van der Waals surface area contributed by atoms with Crippen molar-refractivity contribution in [2.45, 2.75) is 20.8 Å². The van der Waals surface area contributed by atoms with Crippen LogP contribution in [0.3, 0.4) is 0 Å². The third-order valence-electron chi connectivity index (χ3n) is 5.14. The van der Waals surface area contributed by atoms with Crippen LogP contribution < -0.4 is 14.8 Å². The lowest BCUT2D eigenvalue weighted by atomic mass is 10.1. The van der Waals surface area contributed by atoms with Crippen LogP contribution in [0.4, 0.5) is 5.69 Å². The summed E-state index contributed by atoms with van der Waals surface area (Å²) < 4.78 is 11.3. The van der Waals surface area contributed by atoms with Gasteiger partial charge in [-0.05, 0) is 44.3 Å². The summed E-state index contributed by atoms with van der Waals surface area (Å²) in [6.45, 7) is 9.43. The van der Waals surface area contributed by atoms with Gasteiger partial charge in [0.05, 0.1) is 23.9 Å². The first kappa shape index (κ1) is 21.6. The molecule has 0 fully saturated rings. The van der Waals surface area contributed by atoms with Crippen molar-refractivity contribution in [2.75, 3.05) is 38.7 Å². The average molecular weight is 408 g/mol. The van der Waals surface area contributed by atoms with Gasteiger partial charge in [0.15, 0.2) is 11.5 Å². The lowest BCUT2D eigenvalue weighted by molar-refractivity contribution is 0.102. The Labute approximate surface area is 177 Å². The Kier molecular flexibility index (Phi) is 7.25. The molecule has 0 radical (unpaired) electrons. The van der Waals surface area contributed by atoms with Crippen molar-refractivity contribution >= 4 is 22.5 Å². The summed E-state index contributed by atoms with van der Waals surface area (Å²) in [4.78, 5) is 19.7. The number of nitrogens with one attached hydrogen (secondary N) is 1. The van der Waals surface area contributed by atoms with Crippen molar-refractivity contribution in [1.82, 2.24) is 9.88 Å². The van der Waals surface area contributed by atoms with Gasteiger partial charge in [0.1, 0.15) is 6.61 Å². The molecule has 6 heteroatoms. The molecule has 1 heterocycles. The number of aromatic nitrogens is 1. The van der Waals surface area contributed by atoms with Gasteiger partial charge in [-0.1, -0.05) is 32.0 Å². The summed E-state index contributed by atoms with van der Waals surface area (Å²) in [5.74, 6) is 1.04. The summed E-state index contributed by atoms with van der Waals surface area (Å²) in [5, 5.41) is 3.89. The van der Waals surface area contributed by atoms with E-state index in [9.17, 15) is 4.79 Å². The molecule has 0 atom stereocenters. The Balaban J connectivity index is 1.76. The van der Waals surface area contributed by atoms with E-state index in [-0.39, 0.29) is 5.91 Å². The quantitative estimate of drug-likeness (QED) is 0.565. The number of methoxy groups -OCH3 is 1. The minimum atomic E-state index is -0.204. The van der Waals surface area contributed by atoms with Crippen molar-refractivity contribution in [3.8, 4) is 11.5 Å². The summed E-state index contributed by atoms with van der Waals surface area (Å²) >= 11 is 0. The number of anilines is 1. The van der Waals surface area contributed by atoms with Crippen molar-refractivity contribution in [1.29, 1.82) is 0 Å². The molecule has 0 aliphatic heterocycles. The molecule has 30 heavy (non-hydrogen) atoms. The van der Waals surface area contributed by atoms with E-state index in [2.05, 4.69) is 29.0 Å². The van der Waals surface area contributed by atoms with Gasteiger partial charge in [-0.15, -0.1) is 0 Å². The molecule has 158 valence electrons. The minimum absolute atomic E-state index is 0.204. The fourth-order valence-corrected chi connectivity index (χ4v) is 3.33. The van der Waals surface area contributed by atoms with Crippen LogP contribution in [0.1, 0.15) is 29.9 Å². The molecule has 0 aliphatic rings. The summed E-state index contributed by atoms with van der Waals surface area (Å²) in [6.07, 6.45) is 0. The smallest absolute Gasteiger partial charge is 0.257 e. The Hall–Kier alpha value is -3.12. The predicted molar refractivity (Wildman–Crippen MR) is 121 cm³/mol. The second-order valence-electron chi connectivity index (χ2n) is 7.01. The molecule has 0 saturated carbocycles. The van der Waals surface area contributed by atoms with Gasteiger partial charge in [0.2, 0.25) is 0 Å². The van der Waals surface area contributed by atoms with Gasteiger partial charge in [-0.2, -0.15) is 0 Å². The minimum Gasteiger partial charge on any atom is -0.493 e. The first-order valence-corrected chi connectivity index (χ1v) is 10.3. The maximum Gasteiger partial charge on any atom is 0.257 e. The van der Waals surface area contributed by atoms with E-state index >= 15 is 0 Å². The highest BCUT2D eigenvalue weighted by Crippen LogP contribution is 2.30. The van der Waals surface area contributed by atoms with Gasteiger partial charge in [-0.25, -0.2) is 0 Å². The number of rotatable bonds is 9. The topological polar surface area (TPSA) is 63.7 Å². The summed E-state index contributed by atoms with van der Waals surface area (Å²) in [7, 11) is 1.61. The highest BCUT2D eigenvalue weighted by molar-refractivity contribution is 6.06.